The molecule has 0 bridgehead atoms. The SMILES string of the molecule is COC(=O)CC1CCCCN1C(=O)Cc1ccccc1F. The Bertz CT molecular complexity index is 518. The molecule has 0 N–H and O–H groups in total. The van der Waals surface area contributed by atoms with Crippen molar-refractivity contribution in [3.05, 3.63) is 35.6 Å². The summed E-state index contributed by atoms with van der Waals surface area (Å²) >= 11 is 0. The molecule has 1 aliphatic heterocycles. The van der Waals surface area contributed by atoms with Crippen LogP contribution in [0, 0.1) is 5.82 Å². The Balaban J connectivity index is 2.04. The van der Waals surface area contributed by atoms with Crippen LogP contribution < -0.4 is 0 Å². The molecule has 1 heterocycles. The summed E-state index contributed by atoms with van der Waals surface area (Å²) in [4.78, 5) is 25.5. The van der Waals surface area contributed by atoms with Crippen LogP contribution in [-0.4, -0.2) is 36.5 Å². The highest BCUT2D eigenvalue weighted by molar-refractivity contribution is 5.80. The van der Waals surface area contributed by atoms with Crippen molar-refractivity contribution in [2.24, 2.45) is 0 Å². The number of hydrogen-bond donors (Lipinski definition) is 0. The number of rotatable bonds is 4. The maximum absolute atomic E-state index is 13.6. The van der Waals surface area contributed by atoms with E-state index in [1.165, 1.54) is 13.2 Å². The number of nitrogens with zero attached hydrogens (tertiary/aromatic N) is 1. The van der Waals surface area contributed by atoms with Gasteiger partial charge in [-0.15, -0.1) is 0 Å². The first-order chi connectivity index (χ1) is 10.1. The van der Waals surface area contributed by atoms with Crippen LogP contribution >= 0.6 is 0 Å². The van der Waals surface area contributed by atoms with Crippen molar-refractivity contribution in [2.75, 3.05) is 13.7 Å². The summed E-state index contributed by atoms with van der Waals surface area (Å²) in [7, 11) is 1.34. The number of esters is 1. The molecule has 1 aliphatic rings. The van der Waals surface area contributed by atoms with Gasteiger partial charge in [0.2, 0.25) is 5.91 Å². The van der Waals surface area contributed by atoms with Crippen molar-refractivity contribution in [3.8, 4) is 0 Å². The summed E-state index contributed by atoms with van der Waals surface area (Å²) in [6, 6.07) is 6.15. The van der Waals surface area contributed by atoms with Gasteiger partial charge in [0.15, 0.2) is 0 Å². The van der Waals surface area contributed by atoms with E-state index in [1.807, 2.05) is 0 Å². The fourth-order valence-corrected chi connectivity index (χ4v) is 2.72. The summed E-state index contributed by atoms with van der Waals surface area (Å²) in [5, 5.41) is 0. The number of hydrogen-bond acceptors (Lipinski definition) is 3. The lowest BCUT2D eigenvalue weighted by molar-refractivity contribution is -0.144. The highest BCUT2D eigenvalue weighted by Crippen LogP contribution is 2.21. The van der Waals surface area contributed by atoms with Crippen molar-refractivity contribution >= 4 is 11.9 Å². The predicted octanol–water partition coefficient (Wildman–Crippen LogP) is 2.31. The molecular weight excluding hydrogens is 273 g/mol. The van der Waals surface area contributed by atoms with Gasteiger partial charge in [0.25, 0.3) is 0 Å². The molecule has 1 fully saturated rings. The van der Waals surface area contributed by atoms with E-state index >= 15 is 0 Å². The summed E-state index contributed by atoms with van der Waals surface area (Å²) < 4.78 is 18.3. The number of amides is 1. The van der Waals surface area contributed by atoms with Gasteiger partial charge in [0, 0.05) is 12.6 Å². The number of benzene rings is 1. The number of likely N-dealkylation sites (tertiary alicyclic amines) is 1. The zero-order chi connectivity index (χ0) is 15.2. The zero-order valence-electron chi connectivity index (χ0n) is 12.2. The highest BCUT2D eigenvalue weighted by atomic mass is 19.1. The number of halogens is 1. The third-order valence-corrected chi connectivity index (χ3v) is 3.88. The van der Waals surface area contributed by atoms with E-state index in [1.54, 1.807) is 23.1 Å². The largest absolute Gasteiger partial charge is 0.469 e. The molecule has 0 saturated carbocycles. The van der Waals surface area contributed by atoms with E-state index in [0.717, 1.165) is 19.3 Å². The first kappa shape index (κ1) is 15.5. The number of ether oxygens (including phenoxy) is 1. The fraction of sp³-hybridized carbons (Fsp3) is 0.500. The molecule has 1 aromatic carbocycles. The molecule has 4 nitrogen and oxygen atoms in total. The molecule has 1 amide bonds. The summed E-state index contributed by atoms with van der Waals surface area (Å²) in [5.41, 5.74) is 0.393. The minimum atomic E-state index is -0.368. The lowest BCUT2D eigenvalue weighted by atomic mass is 9.98. The average Bonchev–Trinajstić information content (AvgIpc) is 2.50. The first-order valence-electron chi connectivity index (χ1n) is 7.21. The Morgan fingerprint density at radius 2 is 2.10 bits per heavy atom. The van der Waals surface area contributed by atoms with Crippen LogP contribution in [0.5, 0.6) is 0 Å². The molecule has 0 radical (unpaired) electrons. The lowest BCUT2D eigenvalue weighted by Gasteiger charge is -2.35. The van der Waals surface area contributed by atoms with Crippen LogP contribution in [0.1, 0.15) is 31.2 Å². The van der Waals surface area contributed by atoms with Gasteiger partial charge in [0.05, 0.1) is 20.0 Å². The van der Waals surface area contributed by atoms with Gasteiger partial charge in [-0.25, -0.2) is 4.39 Å². The molecular formula is C16H20FNO3. The van der Waals surface area contributed by atoms with Crippen molar-refractivity contribution in [1.82, 2.24) is 4.90 Å². The Hall–Kier alpha value is -1.91. The Morgan fingerprint density at radius 3 is 2.81 bits per heavy atom. The summed E-state index contributed by atoms with van der Waals surface area (Å²) in [6.07, 6.45) is 2.94. The molecule has 5 heteroatoms. The average molecular weight is 293 g/mol. The normalized spacial score (nSPS) is 18.4. The maximum Gasteiger partial charge on any atom is 0.307 e. The molecule has 1 unspecified atom stereocenters. The second kappa shape index (κ2) is 7.20. The van der Waals surface area contributed by atoms with Gasteiger partial charge < -0.3 is 9.64 Å². The summed E-state index contributed by atoms with van der Waals surface area (Å²) in [5.74, 6) is -0.813. The van der Waals surface area contributed by atoms with Gasteiger partial charge in [-0.05, 0) is 30.9 Å². The third-order valence-electron chi connectivity index (χ3n) is 3.88. The smallest absolute Gasteiger partial charge is 0.307 e. The minimum Gasteiger partial charge on any atom is -0.469 e. The molecule has 1 atom stereocenters. The maximum atomic E-state index is 13.6. The van der Waals surface area contributed by atoms with Crippen LogP contribution in [0.4, 0.5) is 4.39 Å². The first-order valence-corrected chi connectivity index (χ1v) is 7.21. The van der Waals surface area contributed by atoms with Gasteiger partial charge in [-0.3, -0.25) is 9.59 Å². The van der Waals surface area contributed by atoms with E-state index in [2.05, 4.69) is 4.74 Å². The molecule has 0 aromatic heterocycles. The van der Waals surface area contributed by atoms with Crippen LogP contribution in [0.15, 0.2) is 24.3 Å². The molecule has 2 rings (SSSR count). The summed E-state index contributed by atoms with van der Waals surface area (Å²) in [6.45, 7) is 0.620. The van der Waals surface area contributed by atoms with Crippen LogP contribution in [0.2, 0.25) is 0 Å². The Morgan fingerprint density at radius 1 is 1.33 bits per heavy atom. The number of methoxy groups -OCH3 is 1. The van der Waals surface area contributed by atoms with Crippen molar-refractivity contribution in [1.29, 1.82) is 0 Å². The van der Waals surface area contributed by atoms with E-state index in [0.29, 0.717) is 12.1 Å². The van der Waals surface area contributed by atoms with Gasteiger partial charge in [-0.1, -0.05) is 18.2 Å². The van der Waals surface area contributed by atoms with Crippen molar-refractivity contribution in [3.63, 3.8) is 0 Å². The lowest BCUT2D eigenvalue weighted by Crippen LogP contribution is -2.45. The number of piperidine rings is 1. The van der Waals surface area contributed by atoms with Gasteiger partial charge in [-0.2, -0.15) is 0 Å². The van der Waals surface area contributed by atoms with Crippen molar-refractivity contribution in [2.45, 2.75) is 38.1 Å². The zero-order valence-corrected chi connectivity index (χ0v) is 12.2. The van der Waals surface area contributed by atoms with E-state index in [9.17, 15) is 14.0 Å². The van der Waals surface area contributed by atoms with E-state index in [4.69, 9.17) is 0 Å². The van der Waals surface area contributed by atoms with Crippen LogP contribution in [-0.2, 0) is 20.7 Å². The quantitative estimate of drug-likeness (QED) is 0.800. The predicted molar refractivity (Wildman–Crippen MR) is 76.1 cm³/mol. The Kier molecular flexibility index (Phi) is 5.31. The fourth-order valence-electron chi connectivity index (χ4n) is 2.72. The topological polar surface area (TPSA) is 46.6 Å². The standard InChI is InChI=1S/C16H20FNO3/c1-21-16(20)11-13-7-4-5-9-18(13)15(19)10-12-6-2-3-8-14(12)17/h2-3,6,8,13H,4-5,7,9-11H2,1H3. The molecule has 114 valence electrons. The molecule has 1 saturated heterocycles. The van der Waals surface area contributed by atoms with E-state index < -0.39 is 0 Å². The molecule has 1 aromatic rings. The number of carbonyl (C=O) groups excluding carboxylic acids is 2. The molecule has 0 aliphatic carbocycles. The van der Waals surface area contributed by atoms with Crippen LogP contribution in [0.25, 0.3) is 0 Å². The van der Waals surface area contributed by atoms with Gasteiger partial charge >= 0.3 is 5.97 Å². The molecule has 21 heavy (non-hydrogen) atoms. The van der Waals surface area contributed by atoms with Crippen LogP contribution in [0.3, 0.4) is 0 Å². The monoisotopic (exact) mass is 293 g/mol. The highest BCUT2D eigenvalue weighted by Gasteiger charge is 2.29. The van der Waals surface area contributed by atoms with Gasteiger partial charge in [0.1, 0.15) is 5.82 Å². The minimum absolute atomic E-state index is 0.0321. The number of carbonyl (C=O) groups is 2. The molecule has 0 spiro atoms. The Labute approximate surface area is 123 Å². The van der Waals surface area contributed by atoms with E-state index in [-0.39, 0.29) is 36.6 Å². The second-order valence-electron chi connectivity index (χ2n) is 5.29. The van der Waals surface area contributed by atoms with Crippen molar-refractivity contribution < 1.29 is 18.7 Å². The third kappa shape index (κ3) is 4.03. The second-order valence-corrected chi connectivity index (χ2v) is 5.29.